The summed E-state index contributed by atoms with van der Waals surface area (Å²) in [6.45, 7) is 9.11. The SMILES string of the molecule is CSCC[C@@H](NC(=O)OC(C)(C)C)C(=O)N[C@@H](CC(C)C)C(N)=O. The molecule has 0 unspecified atom stereocenters. The Kier molecular flexibility index (Phi) is 9.80. The van der Waals surface area contributed by atoms with Gasteiger partial charge < -0.3 is 21.1 Å². The summed E-state index contributed by atoms with van der Waals surface area (Å²) in [5.74, 6) is -0.136. The number of hydrogen-bond acceptors (Lipinski definition) is 5. The highest BCUT2D eigenvalue weighted by atomic mass is 32.2. The highest BCUT2D eigenvalue weighted by Crippen LogP contribution is 2.09. The molecule has 140 valence electrons. The van der Waals surface area contributed by atoms with E-state index in [2.05, 4.69) is 10.6 Å². The van der Waals surface area contributed by atoms with Gasteiger partial charge in [-0.2, -0.15) is 11.8 Å². The molecule has 0 rings (SSSR count). The van der Waals surface area contributed by atoms with Crippen LogP contribution < -0.4 is 16.4 Å². The van der Waals surface area contributed by atoms with Crippen molar-refractivity contribution in [1.29, 1.82) is 0 Å². The van der Waals surface area contributed by atoms with Gasteiger partial charge in [0, 0.05) is 0 Å². The third-order valence-electron chi connectivity index (χ3n) is 2.99. The molecule has 8 heteroatoms. The van der Waals surface area contributed by atoms with Crippen molar-refractivity contribution in [1.82, 2.24) is 10.6 Å². The quantitative estimate of drug-likeness (QED) is 0.578. The van der Waals surface area contributed by atoms with Gasteiger partial charge >= 0.3 is 6.09 Å². The van der Waals surface area contributed by atoms with Crippen LogP contribution in [0, 0.1) is 5.92 Å². The number of carbonyl (C=O) groups is 3. The van der Waals surface area contributed by atoms with E-state index in [1.165, 1.54) is 0 Å². The van der Waals surface area contributed by atoms with E-state index in [1.807, 2.05) is 20.1 Å². The Morgan fingerprint density at radius 1 is 1.12 bits per heavy atom. The average molecular weight is 362 g/mol. The Morgan fingerprint density at radius 3 is 2.12 bits per heavy atom. The minimum absolute atomic E-state index is 0.200. The van der Waals surface area contributed by atoms with Gasteiger partial charge in [0.2, 0.25) is 11.8 Å². The molecule has 0 aromatic rings. The molecular formula is C16H31N3O4S. The molecule has 0 saturated carbocycles. The van der Waals surface area contributed by atoms with Gasteiger partial charge in [-0.05, 0) is 51.5 Å². The highest BCUT2D eigenvalue weighted by molar-refractivity contribution is 7.98. The standard InChI is InChI=1S/C16H31N3O4S/c1-10(2)9-12(13(17)20)18-14(21)11(7-8-24-6)19-15(22)23-16(3,4)5/h10-12H,7-9H2,1-6H3,(H2,17,20)(H,18,21)(H,19,22)/t11-,12+/m1/s1. The zero-order chi connectivity index (χ0) is 18.9. The van der Waals surface area contributed by atoms with Crippen molar-refractivity contribution in [2.75, 3.05) is 12.0 Å². The second kappa shape index (κ2) is 10.4. The maximum absolute atomic E-state index is 12.4. The molecule has 0 aromatic carbocycles. The van der Waals surface area contributed by atoms with E-state index in [0.717, 1.165) is 0 Å². The van der Waals surface area contributed by atoms with Crippen LogP contribution in [0.4, 0.5) is 4.79 Å². The number of nitrogens with two attached hydrogens (primary N) is 1. The third-order valence-corrected chi connectivity index (χ3v) is 3.63. The van der Waals surface area contributed by atoms with E-state index in [4.69, 9.17) is 10.5 Å². The molecular weight excluding hydrogens is 330 g/mol. The highest BCUT2D eigenvalue weighted by Gasteiger charge is 2.27. The van der Waals surface area contributed by atoms with Crippen molar-refractivity contribution in [3.8, 4) is 0 Å². The van der Waals surface area contributed by atoms with Gasteiger partial charge in [0.25, 0.3) is 0 Å². The van der Waals surface area contributed by atoms with Crippen molar-refractivity contribution in [3.05, 3.63) is 0 Å². The molecule has 0 saturated heterocycles. The fourth-order valence-electron chi connectivity index (χ4n) is 1.94. The summed E-state index contributed by atoms with van der Waals surface area (Å²) in [5, 5.41) is 5.20. The van der Waals surface area contributed by atoms with Crippen LogP contribution in [0.15, 0.2) is 0 Å². The van der Waals surface area contributed by atoms with E-state index in [9.17, 15) is 14.4 Å². The van der Waals surface area contributed by atoms with Crippen molar-refractivity contribution < 1.29 is 19.1 Å². The summed E-state index contributed by atoms with van der Waals surface area (Å²) in [4.78, 5) is 35.9. The number of nitrogens with one attached hydrogen (secondary N) is 2. The van der Waals surface area contributed by atoms with Crippen LogP contribution in [0.2, 0.25) is 0 Å². The molecule has 0 spiro atoms. The molecule has 0 bridgehead atoms. The lowest BCUT2D eigenvalue weighted by Crippen LogP contribution is -2.54. The van der Waals surface area contributed by atoms with Crippen molar-refractivity contribution >= 4 is 29.7 Å². The second-order valence-electron chi connectivity index (χ2n) is 7.07. The minimum Gasteiger partial charge on any atom is -0.444 e. The van der Waals surface area contributed by atoms with Gasteiger partial charge in [0.1, 0.15) is 17.7 Å². The Balaban J connectivity index is 4.91. The maximum atomic E-state index is 12.4. The van der Waals surface area contributed by atoms with Gasteiger partial charge in [0.15, 0.2) is 0 Å². The summed E-state index contributed by atoms with van der Waals surface area (Å²) in [7, 11) is 0. The zero-order valence-electron chi connectivity index (χ0n) is 15.5. The number of ether oxygens (including phenoxy) is 1. The Morgan fingerprint density at radius 2 is 1.71 bits per heavy atom. The summed E-state index contributed by atoms with van der Waals surface area (Å²) >= 11 is 1.56. The monoisotopic (exact) mass is 361 g/mol. The number of alkyl carbamates (subject to hydrolysis) is 1. The first kappa shape index (κ1) is 22.6. The summed E-state index contributed by atoms with van der Waals surface area (Å²) in [6.07, 6.45) is 2.12. The van der Waals surface area contributed by atoms with Crippen LogP contribution in [0.3, 0.4) is 0 Å². The molecule has 0 radical (unpaired) electrons. The summed E-state index contributed by atoms with van der Waals surface area (Å²) < 4.78 is 5.19. The van der Waals surface area contributed by atoms with Crippen LogP contribution in [0.5, 0.6) is 0 Å². The van der Waals surface area contributed by atoms with Crippen LogP contribution in [-0.2, 0) is 14.3 Å². The first-order chi connectivity index (χ1) is 11.0. The van der Waals surface area contributed by atoms with Crippen molar-refractivity contribution in [3.63, 3.8) is 0 Å². The smallest absolute Gasteiger partial charge is 0.408 e. The Labute approximate surface area is 148 Å². The van der Waals surface area contributed by atoms with E-state index < -0.39 is 35.6 Å². The van der Waals surface area contributed by atoms with E-state index >= 15 is 0 Å². The van der Waals surface area contributed by atoms with E-state index in [1.54, 1.807) is 32.5 Å². The fraction of sp³-hybridized carbons (Fsp3) is 0.812. The lowest BCUT2D eigenvalue weighted by molar-refractivity contribution is -0.129. The number of thioether (sulfide) groups is 1. The van der Waals surface area contributed by atoms with Gasteiger partial charge in [-0.3, -0.25) is 9.59 Å². The van der Waals surface area contributed by atoms with Crippen LogP contribution in [0.25, 0.3) is 0 Å². The van der Waals surface area contributed by atoms with Gasteiger partial charge in [-0.1, -0.05) is 13.8 Å². The average Bonchev–Trinajstić information content (AvgIpc) is 2.39. The third kappa shape index (κ3) is 10.4. The summed E-state index contributed by atoms with van der Waals surface area (Å²) in [6, 6.07) is -1.53. The maximum Gasteiger partial charge on any atom is 0.408 e. The fourth-order valence-corrected chi connectivity index (χ4v) is 2.42. The zero-order valence-corrected chi connectivity index (χ0v) is 16.3. The molecule has 0 fully saturated rings. The molecule has 0 heterocycles. The molecule has 0 aliphatic rings. The topological polar surface area (TPSA) is 111 Å². The van der Waals surface area contributed by atoms with Gasteiger partial charge in [-0.25, -0.2) is 4.79 Å². The number of rotatable bonds is 9. The lowest BCUT2D eigenvalue weighted by atomic mass is 10.0. The van der Waals surface area contributed by atoms with Gasteiger partial charge in [0.05, 0.1) is 0 Å². The van der Waals surface area contributed by atoms with Crippen molar-refractivity contribution in [2.24, 2.45) is 11.7 Å². The number of amides is 3. The number of carbonyl (C=O) groups excluding carboxylic acids is 3. The molecule has 2 atom stereocenters. The molecule has 0 aliphatic heterocycles. The molecule has 4 N–H and O–H groups in total. The first-order valence-corrected chi connectivity index (χ1v) is 9.43. The lowest BCUT2D eigenvalue weighted by Gasteiger charge is -2.25. The second-order valence-corrected chi connectivity index (χ2v) is 8.06. The van der Waals surface area contributed by atoms with Gasteiger partial charge in [-0.15, -0.1) is 0 Å². The van der Waals surface area contributed by atoms with E-state index in [0.29, 0.717) is 18.6 Å². The van der Waals surface area contributed by atoms with Crippen molar-refractivity contribution in [2.45, 2.75) is 65.1 Å². The molecule has 7 nitrogen and oxygen atoms in total. The molecule has 0 aromatic heterocycles. The van der Waals surface area contributed by atoms with Crippen LogP contribution in [0.1, 0.15) is 47.5 Å². The first-order valence-electron chi connectivity index (χ1n) is 8.04. The molecule has 0 aliphatic carbocycles. The predicted molar refractivity (Wildman–Crippen MR) is 96.7 cm³/mol. The normalized spacial score (nSPS) is 14.0. The molecule has 3 amide bonds. The number of primary amides is 1. The Hall–Kier alpha value is -1.44. The molecule has 24 heavy (non-hydrogen) atoms. The number of hydrogen-bond donors (Lipinski definition) is 3. The van der Waals surface area contributed by atoms with Crippen LogP contribution in [-0.4, -0.2) is 47.6 Å². The van der Waals surface area contributed by atoms with Crippen LogP contribution >= 0.6 is 11.8 Å². The Bertz CT molecular complexity index is 436. The summed E-state index contributed by atoms with van der Waals surface area (Å²) in [5.41, 5.74) is 4.69. The minimum atomic E-state index is -0.777. The van der Waals surface area contributed by atoms with E-state index in [-0.39, 0.29) is 5.92 Å². The predicted octanol–water partition coefficient (Wildman–Crippen LogP) is 1.65. The largest absolute Gasteiger partial charge is 0.444 e.